The highest BCUT2D eigenvalue weighted by Crippen LogP contribution is 2.31. The van der Waals surface area contributed by atoms with Gasteiger partial charge in [-0.05, 0) is 37.5 Å². The number of hydrogen-bond acceptors (Lipinski definition) is 2. The van der Waals surface area contributed by atoms with Crippen molar-refractivity contribution < 1.29 is 4.79 Å². The fourth-order valence-corrected chi connectivity index (χ4v) is 2.32. The van der Waals surface area contributed by atoms with Gasteiger partial charge in [-0.3, -0.25) is 10.1 Å². The Balaban J connectivity index is 1.93. The number of carbonyl (C=O) groups is 1. The Morgan fingerprint density at radius 2 is 2.05 bits per heavy atom. The first kappa shape index (κ1) is 12.8. The smallest absolute Gasteiger partial charge is 0.256 e. The number of nitrogens with zero attached hydrogens (tertiary/aromatic N) is 1. The SMILES string of the molecule is CC1(c2ccc(Cl)c(Cl)c2)NC(=NC2CC2)NC1=O. The molecule has 1 aromatic carbocycles. The molecule has 100 valence electrons. The van der Waals surface area contributed by atoms with Crippen molar-refractivity contribution in [2.24, 2.45) is 4.99 Å². The fraction of sp³-hybridized carbons (Fsp3) is 0.385. The second-order valence-electron chi connectivity index (χ2n) is 5.04. The van der Waals surface area contributed by atoms with Crippen LogP contribution in [0, 0.1) is 0 Å². The maximum Gasteiger partial charge on any atom is 0.256 e. The van der Waals surface area contributed by atoms with Crippen LogP contribution in [-0.2, 0) is 10.3 Å². The Bertz CT molecular complexity index is 583. The molecule has 0 bridgehead atoms. The lowest BCUT2D eigenvalue weighted by Gasteiger charge is -2.22. The number of aliphatic imine (C=N–C) groups is 1. The summed E-state index contributed by atoms with van der Waals surface area (Å²) in [4.78, 5) is 16.6. The lowest BCUT2D eigenvalue weighted by atomic mass is 9.92. The predicted octanol–water partition coefficient (Wildman–Crippen LogP) is 2.45. The van der Waals surface area contributed by atoms with E-state index in [1.54, 1.807) is 25.1 Å². The van der Waals surface area contributed by atoms with Gasteiger partial charge in [0, 0.05) is 0 Å². The van der Waals surface area contributed by atoms with E-state index in [1.165, 1.54) is 0 Å². The van der Waals surface area contributed by atoms with Gasteiger partial charge in [0.25, 0.3) is 5.91 Å². The molecule has 4 nitrogen and oxygen atoms in total. The zero-order valence-electron chi connectivity index (χ0n) is 10.3. The highest BCUT2D eigenvalue weighted by molar-refractivity contribution is 6.42. The van der Waals surface area contributed by atoms with E-state index in [2.05, 4.69) is 15.6 Å². The molecule has 1 aliphatic heterocycles. The van der Waals surface area contributed by atoms with Gasteiger partial charge in [0.05, 0.1) is 16.1 Å². The van der Waals surface area contributed by atoms with Crippen molar-refractivity contribution in [2.75, 3.05) is 0 Å². The van der Waals surface area contributed by atoms with Gasteiger partial charge in [0.1, 0.15) is 5.54 Å². The van der Waals surface area contributed by atoms with E-state index < -0.39 is 5.54 Å². The van der Waals surface area contributed by atoms with E-state index in [-0.39, 0.29) is 5.91 Å². The Morgan fingerprint density at radius 3 is 2.68 bits per heavy atom. The third-order valence-electron chi connectivity index (χ3n) is 3.41. The van der Waals surface area contributed by atoms with Crippen molar-refractivity contribution in [3.8, 4) is 0 Å². The molecule has 1 heterocycles. The van der Waals surface area contributed by atoms with Gasteiger partial charge in [-0.15, -0.1) is 0 Å². The van der Waals surface area contributed by atoms with Crippen LogP contribution in [0.4, 0.5) is 0 Å². The van der Waals surface area contributed by atoms with Crippen LogP contribution in [0.2, 0.25) is 10.0 Å². The first-order valence-electron chi connectivity index (χ1n) is 6.12. The van der Waals surface area contributed by atoms with E-state index >= 15 is 0 Å². The first-order valence-corrected chi connectivity index (χ1v) is 6.87. The van der Waals surface area contributed by atoms with Crippen LogP contribution in [0.25, 0.3) is 0 Å². The minimum absolute atomic E-state index is 0.134. The summed E-state index contributed by atoms with van der Waals surface area (Å²) in [5.41, 5.74) is -0.0949. The Hall–Kier alpha value is -1.26. The second-order valence-corrected chi connectivity index (χ2v) is 5.86. The minimum Gasteiger partial charge on any atom is -0.338 e. The van der Waals surface area contributed by atoms with Gasteiger partial charge in [-0.25, -0.2) is 4.99 Å². The molecule has 2 aliphatic rings. The zero-order chi connectivity index (χ0) is 13.6. The molecule has 1 aliphatic carbocycles. The van der Waals surface area contributed by atoms with Gasteiger partial charge in [-0.1, -0.05) is 29.3 Å². The fourth-order valence-electron chi connectivity index (χ4n) is 2.02. The predicted molar refractivity (Wildman–Crippen MR) is 75.5 cm³/mol. The van der Waals surface area contributed by atoms with E-state index in [9.17, 15) is 4.79 Å². The Labute approximate surface area is 121 Å². The van der Waals surface area contributed by atoms with E-state index in [4.69, 9.17) is 23.2 Å². The number of nitrogens with one attached hydrogen (secondary N) is 2. The van der Waals surface area contributed by atoms with Crippen LogP contribution in [0.3, 0.4) is 0 Å². The first-order chi connectivity index (χ1) is 8.99. The summed E-state index contributed by atoms with van der Waals surface area (Å²) in [7, 11) is 0. The number of hydrogen-bond donors (Lipinski definition) is 2. The Morgan fingerprint density at radius 1 is 1.32 bits per heavy atom. The molecule has 6 heteroatoms. The molecule has 1 aromatic rings. The molecule has 1 saturated carbocycles. The average Bonchev–Trinajstić information content (AvgIpc) is 3.10. The Kier molecular flexibility index (Phi) is 2.95. The molecule has 3 rings (SSSR count). The molecular formula is C13H13Cl2N3O. The normalized spacial score (nSPS) is 28.4. The third kappa shape index (κ3) is 2.30. The molecule has 19 heavy (non-hydrogen) atoms. The summed E-state index contributed by atoms with van der Waals surface area (Å²) < 4.78 is 0. The molecule has 1 atom stereocenters. The lowest BCUT2D eigenvalue weighted by molar-refractivity contribution is -0.123. The largest absolute Gasteiger partial charge is 0.338 e. The van der Waals surface area contributed by atoms with Gasteiger partial charge >= 0.3 is 0 Å². The van der Waals surface area contributed by atoms with Crippen molar-refractivity contribution in [3.63, 3.8) is 0 Å². The highest BCUT2D eigenvalue weighted by atomic mass is 35.5. The molecular weight excluding hydrogens is 285 g/mol. The maximum absolute atomic E-state index is 12.2. The van der Waals surface area contributed by atoms with Crippen LogP contribution in [0.15, 0.2) is 23.2 Å². The zero-order valence-corrected chi connectivity index (χ0v) is 11.8. The molecule has 0 spiro atoms. The third-order valence-corrected chi connectivity index (χ3v) is 4.15. The van der Waals surface area contributed by atoms with Crippen LogP contribution in [-0.4, -0.2) is 17.9 Å². The van der Waals surface area contributed by atoms with E-state index in [0.29, 0.717) is 22.0 Å². The second kappa shape index (κ2) is 4.39. The average molecular weight is 298 g/mol. The number of rotatable bonds is 2. The van der Waals surface area contributed by atoms with Gasteiger partial charge in [0.15, 0.2) is 5.96 Å². The van der Waals surface area contributed by atoms with Crippen molar-refractivity contribution in [1.82, 2.24) is 10.6 Å². The number of amides is 1. The molecule has 1 saturated heterocycles. The minimum atomic E-state index is -0.859. The van der Waals surface area contributed by atoms with E-state index in [1.807, 2.05) is 0 Å². The summed E-state index contributed by atoms with van der Waals surface area (Å²) in [6.45, 7) is 1.80. The highest BCUT2D eigenvalue weighted by Gasteiger charge is 2.43. The number of guanidine groups is 1. The summed E-state index contributed by atoms with van der Waals surface area (Å²) in [5, 5.41) is 6.82. The maximum atomic E-state index is 12.2. The van der Waals surface area contributed by atoms with Crippen molar-refractivity contribution in [1.29, 1.82) is 0 Å². The summed E-state index contributed by atoms with van der Waals surface area (Å²) in [5.74, 6) is 0.409. The molecule has 1 unspecified atom stereocenters. The van der Waals surface area contributed by atoms with E-state index in [0.717, 1.165) is 18.4 Å². The number of benzene rings is 1. The summed E-state index contributed by atoms with van der Waals surface area (Å²) in [6, 6.07) is 5.53. The quantitative estimate of drug-likeness (QED) is 0.881. The standard InChI is InChI=1S/C13H13Cl2N3O/c1-13(7-2-5-9(14)10(15)6-7)11(19)17-12(18-13)16-8-3-4-8/h2,5-6,8H,3-4H2,1H3,(H2,16,17,18,19). The van der Waals surface area contributed by atoms with Crippen molar-refractivity contribution in [2.45, 2.75) is 31.3 Å². The van der Waals surface area contributed by atoms with Crippen molar-refractivity contribution >= 4 is 35.1 Å². The number of carbonyl (C=O) groups excluding carboxylic acids is 1. The topological polar surface area (TPSA) is 53.5 Å². The molecule has 2 fully saturated rings. The van der Waals surface area contributed by atoms with Crippen LogP contribution >= 0.6 is 23.2 Å². The van der Waals surface area contributed by atoms with Gasteiger partial charge in [0.2, 0.25) is 0 Å². The van der Waals surface area contributed by atoms with Gasteiger partial charge in [-0.2, -0.15) is 0 Å². The monoisotopic (exact) mass is 297 g/mol. The van der Waals surface area contributed by atoms with Crippen molar-refractivity contribution in [3.05, 3.63) is 33.8 Å². The summed E-state index contributed by atoms with van der Waals surface area (Å²) in [6.07, 6.45) is 2.18. The molecule has 0 radical (unpaired) electrons. The van der Waals surface area contributed by atoms with Crippen LogP contribution in [0.5, 0.6) is 0 Å². The molecule has 0 aromatic heterocycles. The summed E-state index contributed by atoms with van der Waals surface area (Å²) >= 11 is 11.9. The molecule has 1 amide bonds. The van der Waals surface area contributed by atoms with Crippen LogP contribution < -0.4 is 10.6 Å². The molecule has 2 N–H and O–H groups in total. The number of halogens is 2. The lowest BCUT2D eigenvalue weighted by Crippen LogP contribution is -2.40. The van der Waals surface area contributed by atoms with Crippen LogP contribution in [0.1, 0.15) is 25.3 Å². The van der Waals surface area contributed by atoms with Gasteiger partial charge < -0.3 is 5.32 Å².